The number of Topliss-reactive ketones (excluding diaryl/α,β-unsaturated/α-hetero) is 1. The molecule has 3 rings (SSSR count). The average molecular weight is 752 g/mol. The number of carboxylic acids is 4. The fraction of sp³-hybridized carbons (Fsp3) is 0.667. The number of hydrogen-bond donors (Lipinski definition) is 5. The van der Waals surface area contributed by atoms with Gasteiger partial charge in [-0.25, -0.2) is 0 Å². The number of nitrogens with zero attached hydrogens (tertiary/aromatic N) is 6. The Morgan fingerprint density at radius 3 is 1.51 bits per heavy atom. The second kappa shape index (κ2) is 21.0. The number of nitrogens with one attached hydrogen (secondary N) is 1. The Morgan fingerprint density at radius 2 is 1.09 bits per heavy atom. The third-order valence-electron chi connectivity index (χ3n) is 9.34. The van der Waals surface area contributed by atoms with Crippen molar-refractivity contribution in [1.29, 1.82) is 0 Å². The van der Waals surface area contributed by atoms with Crippen LogP contribution in [-0.4, -0.2) is 208 Å². The summed E-state index contributed by atoms with van der Waals surface area (Å²) in [7, 11) is 0. The van der Waals surface area contributed by atoms with E-state index in [-0.39, 0.29) is 123 Å². The molecule has 3 aliphatic heterocycles. The van der Waals surface area contributed by atoms with Gasteiger partial charge in [0.2, 0.25) is 11.8 Å². The molecule has 5 N–H and O–H groups in total. The number of aliphatic carboxylic acids is 4. The van der Waals surface area contributed by atoms with Crippen LogP contribution in [0.5, 0.6) is 0 Å². The first-order chi connectivity index (χ1) is 25.1. The van der Waals surface area contributed by atoms with Gasteiger partial charge in [0.05, 0.1) is 44.6 Å². The molecule has 4 amide bonds. The topological polar surface area (TPSA) is 266 Å². The highest BCUT2D eigenvalue weighted by Crippen LogP contribution is 2.18. The van der Waals surface area contributed by atoms with Gasteiger partial charge in [-0.15, -0.1) is 0 Å². The maximum atomic E-state index is 13.2. The Labute approximate surface area is 305 Å². The van der Waals surface area contributed by atoms with Crippen molar-refractivity contribution in [2.24, 2.45) is 11.8 Å². The van der Waals surface area contributed by atoms with Crippen LogP contribution in [0.4, 0.5) is 0 Å². The van der Waals surface area contributed by atoms with E-state index in [9.17, 15) is 63.6 Å². The maximum absolute atomic E-state index is 13.2. The van der Waals surface area contributed by atoms with Crippen LogP contribution in [0.1, 0.15) is 25.7 Å². The van der Waals surface area contributed by atoms with Gasteiger partial charge < -0.3 is 30.6 Å². The molecule has 3 aliphatic rings. The van der Waals surface area contributed by atoms with E-state index < -0.39 is 59.2 Å². The second-order valence-electron chi connectivity index (χ2n) is 13.4. The minimum Gasteiger partial charge on any atom is -0.481 e. The summed E-state index contributed by atoms with van der Waals surface area (Å²) in [4.78, 5) is 117. The van der Waals surface area contributed by atoms with E-state index in [0.29, 0.717) is 12.8 Å². The van der Waals surface area contributed by atoms with Gasteiger partial charge in [-0.05, 0) is 12.8 Å². The molecule has 2 saturated heterocycles. The molecule has 0 saturated carbocycles. The van der Waals surface area contributed by atoms with Crippen molar-refractivity contribution in [1.82, 2.24) is 34.7 Å². The third kappa shape index (κ3) is 15.0. The number of carbonyl (C=O) groups is 9. The van der Waals surface area contributed by atoms with Crippen LogP contribution < -0.4 is 5.32 Å². The number of unbranched alkanes of at least 4 members (excludes halogenated alkanes) is 1. The van der Waals surface area contributed by atoms with Gasteiger partial charge in [-0.3, -0.25) is 67.7 Å². The van der Waals surface area contributed by atoms with Crippen molar-refractivity contribution in [3.8, 4) is 0 Å². The number of carboxylic acid groups (broad SMARTS) is 4. The monoisotopic (exact) mass is 751 g/mol. The van der Waals surface area contributed by atoms with Crippen LogP contribution in [0, 0.1) is 11.8 Å². The van der Waals surface area contributed by atoms with Gasteiger partial charge in [0.25, 0.3) is 11.8 Å². The summed E-state index contributed by atoms with van der Waals surface area (Å²) < 4.78 is 0. The molecule has 2 fully saturated rings. The Morgan fingerprint density at radius 1 is 0.660 bits per heavy atom. The Balaban J connectivity index is 1.46. The molecule has 0 aliphatic carbocycles. The summed E-state index contributed by atoms with van der Waals surface area (Å²) in [5.41, 5.74) is 0. The number of carbonyl (C=O) groups excluding carboxylic acids is 5. The van der Waals surface area contributed by atoms with Crippen LogP contribution in [0.15, 0.2) is 12.2 Å². The van der Waals surface area contributed by atoms with E-state index in [2.05, 4.69) is 5.32 Å². The molecule has 0 aromatic heterocycles. The SMILES string of the molecule is O=C(O)CN1CCN(CC(=O)O)CCN(CC(=O)N2CC(C(=O)NCC(=O)C[C@@H](CCCCN3C(=O)C=CC3=O)C(=O)O)C2)CCN(CC(=O)O)CC1. The van der Waals surface area contributed by atoms with Gasteiger partial charge in [-0.1, -0.05) is 6.42 Å². The van der Waals surface area contributed by atoms with Crippen molar-refractivity contribution < 1.29 is 63.6 Å². The predicted octanol–water partition coefficient (Wildman–Crippen LogP) is -3.21. The first-order valence-corrected chi connectivity index (χ1v) is 17.5. The Bertz CT molecular complexity index is 1370. The highest BCUT2D eigenvalue weighted by Gasteiger charge is 2.36. The molecule has 0 bridgehead atoms. The fourth-order valence-corrected chi connectivity index (χ4v) is 6.23. The van der Waals surface area contributed by atoms with Gasteiger partial charge in [-0.2, -0.15) is 0 Å². The molecule has 294 valence electrons. The number of imide groups is 1. The fourth-order valence-electron chi connectivity index (χ4n) is 6.23. The molecule has 0 aromatic carbocycles. The van der Waals surface area contributed by atoms with Gasteiger partial charge in [0.1, 0.15) is 0 Å². The zero-order valence-corrected chi connectivity index (χ0v) is 29.6. The van der Waals surface area contributed by atoms with E-state index in [4.69, 9.17) is 0 Å². The van der Waals surface area contributed by atoms with E-state index >= 15 is 0 Å². The van der Waals surface area contributed by atoms with Crippen LogP contribution in [0.25, 0.3) is 0 Å². The molecule has 0 radical (unpaired) electrons. The highest BCUT2D eigenvalue weighted by molar-refractivity contribution is 6.12. The smallest absolute Gasteiger partial charge is 0.317 e. The molecule has 20 heteroatoms. The van der Waals surface area contributed by atoms with Crippen LogP contribution >= 0.6 is 0 Å². The van der Waals surface area contributed by atoms with Crippen molar-refractivity contribution in [3.63, 3.8) is 0 Å². The number of amides is 4. The summed E-state index contributed by atoms with van der Waals surface area (Å²) in [6.45, 7) is 1.03. The van der Waals surface area contributed by atoms with E-state index in [0.717, 1.165) is 17.1 Å². The molecule has 3 heterocycles. The standard InChI is InChI=1S/C33H49N7O13/c41-25(15-23(33(52)53)3-1-2-6-40-26(42)4-5-27(40)43)16-34-32(51)24-17-39(18-24)28(44)19-35-7-9-36(20-29(45)46)11-13-38(22-31(49)50)14-12-37(10-8-35)21-30(47)48/h4-5,23-24H,1-3,6-22H2,(H,34,51)(H,45,46)(H,47,48)(H,49,50)(H,52,53)/t23-/m1/s1. The number of ketones is 1. The summed E-state index contributed by atoms with van der Waals surface area (Å²) in [5.74, 6) is -8.01. The predicted molar refractivity (Wildman–Crippen MR) is 182 cm³/mol. The molecule has 53 heavy (non-hydrogen) atoms. The quantitative estimate of drug-likeness (QED) is 0.0642. The van der Waals surface area contributed by atoms with Gasteiger partial charge in [0, 0.05) is 90.6 Å². The highest BCUT2D eigenvalue weighted by atomic mass is 16.4. The van der Waals surface area contributed by atoms with E-state index in [1.54, 1.807) is 19.6 Å². The lowest BCUT2D eigenvalue weighted by Crippen LogP contribution is -2.58. The van der Waals surface area contributed by atoms with E-state index in [1.807, 2.05) is 0 Å². The van der Waals surface area contributed by atoms with Crippen molar-refractivity contribution in [2.45, 2.75) is 25.7 Å². The minimum absolute atomic E-state index is 0.0715. The number of hydrogen-bond acceptors (Lipinski definition) is 13. The van der Waals surface area contributed by atoms with Crippen LogP contribution in [-0.2, 0) is 43.2 Å². The maximum Gasteiger partial charge on any atom is 0.317 e. The molecule has 0 aromatic rings. The normalized spacial score (nSPS) is 19.2. The lowest BCUT2D eigenvalue weighted by molar-refractivity contribution is -0.145. The average Bonchev–Trinajstić information content (AvgIpc) is 3.37. The Kier molecular flexibility index (Phi) is 16.9. The molecule has 0 spiro atoms. The van der Waals surface area contributed by atoms with Crippen LogP contribution in [0.2, 0.25) is 0 Å². The molecule has 20 nitrogen and oxygen atoms in total. The zero-order valence-electron chi connectivity index (χ0n) is 29.6. The number of rotatable bonds is 19. The lowest BCUT2D eigenvalue weighted by Gasteiger charge is -2.39. The summed E-state index contributed by atoms with van der Waals surface area (Å²) in [5, 5.41) is 40.2. The molecular formula is C33H49N7O13. The zero-order chi connectivity index (χ0) is 39.1. The first kappa shape index (κ1) is 42.6. The largest absolute Gasteiger partial charge is 0.481 e. The molecule has 1 atom stereocenters. The minimum atomic E-state index is -1.17. The van der Waals surface area contributed by atoms with Crippen LogP contribution in [0.3, 0.4) is 0 Å². The first-order valence-electron chi connectivity index (χ1n) is 17.5. The van der Waals surface area contributed by atoms with Gasteiger partial charge >= 0.3 is 23.9 Å². The summed E-state index contributed by atoms with van der Waals surface area (Å²) >= 11 is 0. The Hall–Kier alpha value is -4.79. The van der Waals surface area contributed by atoms with Crippen molar-refractivity contribution in [3.05, 3.63) is 12.2 Å². The molecular weight excluding hydrogens is 702 g/mol. The van der Waals surface area contributed by atoms with E-state index in [1.165, 1.54) is 4.90 Å². The van der Waals surface area contributed by atoms with Crippen molar-refractivity contribution in [2.75, 3.05) is 105 Å². The second-order valence-corrected chi connectivity index (χ2v) is 13.4. The lowest BCUT2D eigenvalue weighted by atomic mass is 9.95. The summed E-state index contributed by atoms with van der Waals surface area (Å²) in [6.07, 6.45) is 2.92. The van der Waals surface area contributed by atoms with Crippen molar-refractivity contribution >= 4 is 53.3 Å². The number of likely N-dealkylation sites (tertiary alicyclic amines) is 1. The molecule has 0 unspecified atom stereocenters. The third-order valence-corrected chi connectivity index (χ3v) is 9.34. The van der Waals surface area contributed by atoms with Gasteiger partial charge in [0.15, 0.2) is 5.78 Å². The summed E-state index contributed by atoms with van der Waals surface area (Å²) in [6, 6.07) is 0.